The van der Waals surface area contributed by atoms with Gasteiger partial charge in [0.1, 0.15) is 5.75 Å². The van der Waals surface area contributed by atoms with Gasteiger partial charge in [-0.3, -0.25) is 0 Å². The van der Waals surface area contributed by atoms with E-state index in [9.17, 15) is 8.42 Å². The monoisotopic (exact) mass is 344 g/mol. The van der Waals surface area contributed by atoms with E-state index in [1.54, 1.807) is 24.3 Å². The predicted molar refractivity (Wildman–Crippen MR) is 88.4 cm³/mol. The van der Waals surface area contributed by atoms with E-state index in [4.69, 9.17) is 9.63 Å². The Bertz CT molecular complexity index is 903. The molecule has 0 aliphatic heterocycles. The third-order valence-corrected chi connectivity index (χ3v) is 4.90. The van der Waals surface area contributed by atoms with Crippen molar-refractivity contribution in [1.29, 1.82) is 0 Å². The average Bonchev–Trinajstić information content (AvgIpc) is 3.03. The molecule has 0 atom stereocenters. The lowest BCUT2D eigenvalue weighted by atomic mass is 10.2. The van der Waals surface area contributed by atoms with Gasteiger partial charge in [0.05, 0.1) is 12.4 Å². The zero-order chi connectivity index (χ0) is 17.0. The standard InChI is InChI=1S/C17H16N2O4S/c20-10-13-6-8-14(9-7-13)11-24(21,22)12-16-18-17(19-23-16)15-4-2-1-3-5-15/h1-9,20H,10-12H2. The van der Waals surface area contributed by atoms with Crippen molar-refractivity contribution in [3.05, 3.63) is 71.6 Å². The summed E-state index contributed by atoms with van der Waals surface area (Å²) in [7, 11) is -3.43. The second kappa shape index (κ2) is 6.94. The highest BCUT2D eigenvalue weighted by molar-refractivity contribution is 7.89. The topological polar surface area (TPSA) is 93.3 Å². The molecule has 0 amide bonds. The maximum Gasteiger partial charge on any atom is 0.242 e. The summed E-state index contributed by atoms with van der Waals surface area (Å²) < 4.78 is 29.6. The molecule has 0 radical (unpaired) electrons. The Balaban J connectivity index is 1.71. The summed E-state index contributed by atoms with van der Waals surface area (Å²) in [6, 6.07) is 16.0. The van der Waals surface area contributed by atoms with Crippen molar-refractivity contribution in [3.8, 4) is 11.4 Å². The van der Waals surface area contributed by atoms with Crippen LogP contribution in [0.5, 0.6) is 0 Å². The fourth-order valence-electron chi connectivity index (χ4n) is 2.25. The normalized spacial score (nSPS) is 11.5. The Morgan fingerprint density at radius 1 is 0.917 bits per heavy atom. The Morgan fingerprint density at radius 3 is 2.25 bits per heavy atom. The first-order valence-electron chi connectivity index (χ1n) is 7.33. The molecular formula is C17H16N2O4S. The first-order chi connectivity index (χ1) is 11.6. The zero-order valence-corrected chi connectivity index (χ0v) is 13.6. The number of aromatic nitrogens is 2. The van der Waals surface area contributed by atoms with Crippen LogP contribution in [0.25, 0.3) is 11.4 Å². The van der Waals surface area contributed by atoms with E-state index in [2.05, 4.69) is 10.1 Å². The van der Waals surface area contributed by atoms with Gasteiger partial charge in [0, 0.05) is 5.56 Å². The van der Waals surface area contributed by atoms with Crippen molar-refractivity contribution >= 4 is 9.84 Å². The summed E-state index contributed by atoms with van der Waals surface area (Å²) in [5, 5.41) is 12.8. The summed E-state index contributed by atoms with van der Waals surface area (Å²) in [6.45, 7) is -0.0721. The molecule has 2 aromatic carbocycles. The van der Waals surface area contributed by atoms with Crippen LogP contribution in [0.1, 0.15) is 17.0 Å². The van der Waals surface area contributed by atoms with Crippen molar-refractivity contribution in [2.24, 2.45) is 0 Å². The van der Waals surface area contributed by atoms with Crippen LogP contribution in [0, 0.1) is 0 Å². The number of benzene rings is 2. The van der Waals surface area contributed by atoms with Gasteiger partial charge in [0.25, 0.3) is 0 Å². The molecule has 0 unspecified atom stereocenters. The van der Waals surface area contributed by atoms with Gasteiger partial charge in [-0.2, -0.15) is 4.98 Å². The number of hydrogen-bond donors (Lipinski definition) is 1. The fraction of sp³-hybridized carbons (Fsp3) is 0.176. The SMILES string of the molecule is O=S(=O)(Cc1ccc(CO)cc1)Cc1nc(-c2ccccc2)no1. The second-order valence-electron chi connectivity index (χ2n) is 5.38. The molecule has 0 bridgehead atoms. The van der Waals surface area contributed by atoms with Gasteiger partial charge in [0.15, 0.2) is 9.84 Å². The number of aliphatic hydroxyl groups is 1. The van der Waals surface area contributed by atoms with Gasteiger partial charge in [-0.1, -0.05) is 59.8 Å². The Kier molecular flexibility index (Phi) is 4.73. The quantitative estimate of drug-likeness (QED) is 0.738. The first kappa shape index (κ1) is 16.4. The predicted octanol–water partition coefficient (Wildman–Crippen LogP) is 2.34. The Labute approximate surface area is 139 Å². The largest absolute Gasteiger partial charge is 0.392 e. The van der Waals surface area contributed by atoms with Crippen LogP contribution in [0.3, 0.4) is 0 Å². The number of sulfone groups is 1. The van der Waals surface area contributed by atoms with Gasteiger partial charge >= 0.3 is 0 Å². The van der Waals surface area contributed by atoms with Crippen molar-refractivity contribution in [1.82, 2.24) is 10.1 Å². The molecule has 0 spiro atoms. The molecular weight excluding hydrogens is 328 g/mol. The minimum atomic E-state index is -3.43. The van der Waals surface area contributed by atoms with E-state index in [1.165, 1.54) is 0 Å². The molecule has 0 saturated carbocycles. The highest BCUT2D eigenvalue weighted by atomic mass is 32.2. The first-order valence-corrected chi connectivity index (χ1v) is 9.15. The van der Waals surface area contributed by atoms with Crippen molar-refractivity contribution in [3.63, 3.8) is 0 Å². The number of hydrogen-bond acceptors (Lipinski definition) is 6. The summed E-state index contributed by atoms with van der Waals surface area (Å²) in [4.78, 5) is 4.14. The molecule has 124 valence electrons. The Morgan fingerprint density at radius 2 is 1.58 bits per heavy atom. The molecule has 1 N–H and O–H groups in total. The molecule has 1 aromatic heterocycles. The van der Waals surface area contributed by atoms with E-state index in [0.717, 1.165) is 11.1 Å². The summed E-state index contributed by atoms with van der Waals surface area (Å²) >= 11 is 0. The molecule has 1 heterocycles. The summed E-state index contributed by atoms with van der Waals surface area (Å²) in [6.07, 6.45) is 0. The highest BCUT2D eigenvalue weighted by Gasteiger charge is 2.18. The molecule has 3 rings (SSSR count). The van der Waals surface area contributed by atoms with Crippen molar-refractivity contribution < 1.29 is 18.0 Å². The summed E-state index contributed by atoms with van der Waals surface area (Å²) in [5.41, 5.74) is 2.15. The van der Waals surface area contributed by atoms with Crippen molar-refractivity contribution in [2.45, 2.75) is 18.1 Å². The minimum Gasteiger partial charge on any atom is -0.392 e. The van der Waals surface area contributed by atoms with Crippen LogP contribution in [0.2, 0.25) is 0 Å². The van der Waals surface area contributed by atoms with Gasteiger partial charge < -0.3 is 9.63 Å². The lowest BCUT2D eigenvalue weighted by Crippen LogP contribution is -2.08. The van der Waals surface area contributed by atoms with Crippen LogP contribution in [-0.2, 0) is 27.9 Å². The maximum absolute atomic E-state index is 12.3. The number of nitrogens with zero attached hydrogens (tertiary/aromatic N) is 2. The molecule has 6 nitrogen and oxygen atoms in total. The van der Waals surface area contributed by atoms with E-state index >= 15 is 0 Å². The minimum absolute atomic E-state index is 0.0702. The van der Waals surface area contributed by atoms with Crippen LogP contribution in [-0.4, -0.2) is 23.7 Å². The molecule has 0 aliphatic rings. The maximum atomic E-state index is 12.3. The van der Waals surface area contributed by atoms with Crippen LogP contribution < -0.4 is 0 Å². The van der Waals surface area contributed by atoms with Gasteiger partial charge in [0.2, 0.25) is 11.7 Å². The summed E-state index contributed by atoms with van der Waals surface area (Å²) in [5.74, 6) is 0.00464. The van der Waals surface area contributed by atoms with E-state index in [1.807, 2.05) is 30.3 Å². The molecule has 24 heavy (non-hydrogen) atoms. The average molecular weight is 344 g/mol. The van der Waals surface area contributed by atoms with Gasteiger partial charge in [-0.15, -0.1) is 0 Å². The molecule has 7 heteroatoms. The molecule has 0 fully saturated rings. The molecule has 3 aromatic rings. The van der Waals surface area contributed by atoms with Gasteiger partial charge in [-0.05, 0) is 11.1 Å². The number of rotatable bonds is 6. The van der Waals surface area contributed by atoms with E-state index in [0.29, 0.717) is 11.4 Å². The Hall–Kier alpha value is -2.51. The van der Waals surface area contributed by atoms with Crippen LogP contribution in [0.4, 0.5) is 0 Å². The lowest BCUT2D eigenvalue weighted by molar-refractivity contribution is 0.282. The van der Waals surface area contributed by atoms with Gasteiger partial charge in [-0.25, -0.2) is 8.42 Å². The molecule has 0 saturated heterocycles. The zero-order valence-electron chi connectivity index (χ0n) is 12.8. The van der Waals surface area contributed by atoms with E-state index < -0.39 is 9.84 Å². The number of aliphatic hydroxyl groups excluding tert-OH is 1. The smallest absolute Gasteiger partial charge is 0.242 e. The highest BCUT2D eigenvalue weighted by Crippen LogP contribution is 2.17. The fourth-order valence-corrected chi connectivity index (χ4v) is 3.55. The van der Waals surface area contributed by atoms with Crippen LogP contribution >= 0.6 is 0 Å². The van der Waals surface area contributed by atoms with E-state index in [-0.39, 0.29) is 24.0 Å². The van der Waals surface area contributed by atoms with Crippen LogP contribution in [0.15, 0.2) is 59.1 Å². The molecule has 0 aliphatic carbocycles. The third kappa shape index (κ3) is 4.06. The second-order valence-corrected chi connectivity index (χ2v) is 7.45. The lowest BCUT2D eigenvalue weighted by Gasteiger charge is -2.03. The van der Waals surface area contributed by atoms with Crippen molar-refractivity contribution in [2.75, 3.05) is 0 Å². The third-order valence-electron chi connectivity index (χ3n) is 3.44.